The van der Waals surface area contributed by atoms with Gasteiger partial charge in [0, 0.05) is 0 Å². The first-order chi connectivity index (χ1) is 11.6. The quantitative estimate of drug-likeness (QED) is 0.694. The number of ether oxygens (including phenoxy) is 1. The number of imidazole rings is 1. The summed E-state index contributed by atoms with van der Waals surface area (Å²) in [7, 11) is 0. The molecule has 0 aliphatic heterocycles. The Labute approximate surface area is 143 Å². The molecular formula is C17H16ClN3O3. The molecule has 0 aliphatic rings. The van der Waals surface area contributed by atoms with Crippen LogP contribution in [0.1, 0.15) is 21.9 Å². The number of benzene rings is 1. The lowest BCUT2D eigenvalue weighted by Crippen LogP contribution is -2.06. The number of hydrogen-bond donors (Lipinski definition) is 1. The van der Waals surface area contributed by atoms with E-state index in [-0.39, 0.29) is 5.69 Å². The molecule has 124 valence electrons. The molecule has 24 heavy (non-hydrogen) atoms. The van der Waals surface area contributed by atoms with Crippen molar-refractivity contribution in [3.63, 3.8) is 0 Å². The Balaban J connectivity index is 1.96. The van der Waals surface area contributed by atoms with Crippen molar-refractivity contribution in [1.82, 2.24) is 14.5 Å². The zero-order valence-electron chi connectivity index (χ0n) is 13.1. The highest BCUT2D eigenvalue weighted by molar-refractivity contribution is 6.18. The van der Waals surface area contributed by atoms with E-state index in [2.05, 4.69) is 9.97 Å². The number of aromatic carboxylic acids is 1. The lowest BCUT2D eigenvalue weighted by Gasteiger charge is -2.09. The minimum atomic E-state index is -1.06. The average molecular weight is 346 g/mol. The molecule has 0 amide bonds. The lowest BCUT2D eigenvalue weighted by molar-refractivity contribution is 0.0691. The predicted octanol–water partition coefficient (Wildman–Crippen LogP) is 3.10. The number of pyridine rings is 1. The van der Waals surface area contributed by atoms with Gasteiger partial charge in [0.2, 0.25) is 0 Å². The summed E-state index contributed by atoms with van der Waals surface area (Å²) in [6, 6.07) is 10.8. The van der Waals surface area contributed by atoms with Gasteiger partial charge in [-0.1, -0.05) is 12.1 Å². The van der Waals surface area contributed by atoms with Gasteiger partial charge in [-0.2, -0.15) is 0 Å². The van der Waals surface area contributed by atoms with Crippen molar-refractivity contribution in [2.45, 2.75) is 13.5 Å². The third-order valence-corrected chi connectivity index (χ3v) is 3.74. The third-order valence-electron chi connectivity index (χ3n) is 3.59. The molecule has 0 unspecified atom stereocenters. The van der Waals surface area contributed by atoms with Gasteiger partial charge in [-0.15, -0.1) is 11.6 Å². The number of nitrogens with zero attached hydrogens (tertiary/aromatic N) is 3. The molecule has 7 heteroatoms. The molecule has 0 saturated carbocycles. The molecule has 2 aromatic heterocycles. The Kier molecular flexibility index (Phi) is 4.66. The van der Waals surface area contributed by atoms with E-state index >= 15 is 0 Å². The van der Waals surface area contributed by atoms with E-state index < -0.39 is 5.97 Å². The smallest absolute Gasteiger partial charge is 0.354 e. The second-order valence-corrected chi connectivity index (χ2v) is 5.65. The molecule has 6 nitrogen and oxygen atoms in total. The van der Waals surface area contributed by atoms with Gasteiger partial charge >= 0.3 is 5.97 Å². The standard InChI is InChI=1S/C17H16ClN3O3/c1-11-19-14-5-6-15(17(22)23)20-16(14)21(11)10-12-3-2-4-13(9-12)24-8-7-18/h2-6,9H,7-8,10H2,1H3,(H,22,23). The van der Waals surface area contributed by atoms with Crippen molar-refractivity contribution in [1.29, 1.82) is 0 Å². The molecule has 2 heterocycles. The van der Waals surface area contributed by atoms with E-state index in [0.29, 0.717) is 30.2 Å². The summed E-state index contributed by atoms with van der Waals surface area (Å²) in [5.41, 5.74) is 2.24. The Morgan fingerprint density at radius 3 is 2.88 bits per heavy atom. The zero-order chi connectivity index (χ0) is 17.1. The van der Waals surface area contributed by atoms with E-state index in [1.165, 1.54) is 6.07 Å². The number of fused-ring (bicyclic) bond motifs is 1. The molecule has 3 aromatic rings. The normalized spacial score (nSPS) is 10.9. The van der Waals surface area contributed by atoms with Crippen LogP contribution in [0.25, 0.3) is 11.2 Å². The molecule has 0 fully saturated rings. The van der Waals surface area contributed by atoms with Crippen molar-refractivity contribution >= 4 is 28.7 Å². The summed E-state index contributed by atoms with van der Waals surface area (Å²) in [5, 5.41) is 9.13. The highest BCUT2D eigenvalue weighted by Crippen LogP contribution is 2.19. The fourth-order valence-corrected chi connectivity index (χ4v) is 2.57. The molecule has 1 N–H and O–H groups in total. The third kappa shape index (κ3) is 3.33. The van der Waals surface area contributed by atoms with Crippen molar-refractivity contribution in [2.75, 3.05) is 12.5 Å². The largest absolute Gasteiger partial charge is 0.492 e. The van der Waals surface area contributed by atoms with Gasteiger partial charge < -0.3 is 14.4 Å². The maximum absolute atomic E-state index is 11.1. The number of hydrogen-bond acceptors (Lipinski definition) is 4. The van der Waals surface area contributed by atoms with E-state index in [1.54, 1.807) is 6.07 Å². The summed E-state index contributed by atoms with van der Waals surface area (Å²) in [6.07, 6.45) is 0. The van der Waals surface area contributed by atoms with Crippen LogP contribution in [0, 0.1) is 6.92 Å². The zero-order valence-corrected chi connectivity index (χ0v) is 13.8. The summed E-state index contributed by atoms with van der Waals surface area (Å²) in [5.74, 6) is 0.887. The Hall–Kier alpha value is -2.60. The maximum Gasteiger partial charge on any atom is 0.354 e. The van der Waals surface area contributed by atoms with E-state index in [0.717, 1.165) is 17.1 Å². The molecule has 3 rings (SSSR count). The number of aryl methyl sites for hydroxylation is 1. The molecule has 0 aliphatic carbocycles. The van der Waals surface area contributed by atoms with Crippen LogP contribution in [-0.2, 0) is 6.54 Å². The number of carbonyl (C=O) groups is 1. The minimum Gasteiger partial charge on any atom is -0.492 e. The van der Waals surface area contributed by atoms with Crippen LogP contribution in [0.3, 0.4) is 0 Å². The van der Waals surface area contributed by atoms with Crippen LogP contribution in [-0.4, -0.2) is 38.1 Å². The van der Waals surface area contributed by atoms with Crippen molar-refractivity contribution in [2.24, 2.45) is 0 Å². The first-order valence-electron chi connectivity index (χ1n) is 7.43. The number of carboxylic acids is 1. The van der Waals surface area contributed by atoms with Gasteiger partial charge in [0.05, 0.1) is 12.4 Å². The molecule has 0 atom stereocenters. The molecule has 1 aromatic carbocycles. The van der Waals surface area contributed by atoms with E-state index in [4.69, 9.17) is 21.4 Å². The van der Waals surface area contributed by atoms with Crippen LogP contribution >= 0.6 is 11.6 Å². The molecule has 0 bridgehead atoms. The first kappa shape index (κ1) is 16.3. The van der Waals surface area contributed by atoms with Gasteiger partial charge in [-0.3, -0.25) is 0 Å². The lowest BCUT2D eigenvalue weighted by atomic mass is 10.2. The molecular weight excluding hydrogens is 330 g/mol. The average Bonchev–Trinajstić information content (AvgIpc) is 2.88. The summed E-state index contributed by atoms with van der Waals surface area (Å²) in [6.45, 7) is 2.84. The van der Waals surface area contributed by atoms with Gasteiger partial charge in [0.15, 0.2) is 11.3 Å². The fourth-order valence-electron chi connectivity index (χ4n) is 2.50. The summed E-state index contributed by atoms with van der Waals surface area (Å²) < 4.78 is 7.42. The van der Waals surface area contributed by atoms with Crippen molar-refractivity contribution < 1.29 is 14.6 Å². The second-order valence-electron chi connectivity index (χ2n) is 5.27. The maximum atomic E-state index is 11.1. The van der Waals surface area contributed by atoms with Gasteiger partial charge in [-0.25, -0.2) is 14.8 Å². The predicted molar refractivity (Wildman–Crippen MR) is 91.0 cm³/mol. The topological polar surface area (TPSA) is 77.2 Å². The van der Waals surface area contributed by atoms with Crippen LogP contribution < -0.4 is 4.74 Å². The van der Waals surface area contributed by atoms with Crippen LogP contribution in [0.5, 0.6) is 5.75 Å². The fraction of sp³-hybridized carbons (Fsp3) is 0.235. The Morgan fingerprint density at radius 1 is 1.29 bits per heavy atom. The number of carboxylic acid groups (broad SMARTS) is 1. The first-order valence-corrected chi connectivity index (χ1v) is 7.97. The van der Waals surface area contributed by atoms with Crippen LogP contribution in [0.4, 0.5) is 0 Å². The van der Waals surface area contributed by atoms with Gasteiger partial charge in [0.25, 0.3) is 0 Å². The summed E-state index contributed by atoms with van der Waals surface area (Å²) in [4.78, 5) is 19.8. The number of alkyl halides is 1. The number of halogens is 1. The Morgan fingerprint density at radius 2 is 2.12 bits per heavy atom. The SMILES string of the molecule is Cc1nc2ccc(C(=O)O)nc2n1Cc1cccc(OCCCl)c1. The van der Waals surface area contributed by atoms with E-state index in [9.17, 15) is 4.79 Å². The highest BCUT2D eigenvalue weighted by Gasteiger charge is 2.13. The minimum absolute atomic E-state index is 0.00264. The van der Waals surface area contributed by atoms with Gasteiger partial charge in [0.1, 0.15) is 23.7 Å². The highest BCUT2D eigenvalue weighted by atomic mass is 35.5. The number of aromatic nitrogens is 3. The Bertz CT molecular complexity index is 892. The monoisotopic (exact) mass is 345 g/mol. The number of rotatable bonds is 6. The van der Waals surface area contributed by atoms with E-state index in [1.807, 2.05) is 35.8 Å². The van der Waals surface area contributed by atoms with Gasteiger partial charge in [-0.05, 0) is 36.8 Å². The van der Waals surface area contributed by atoms with Crippen LogP contribution in [0.2, 0.25) is 0 Å². The van der Waals surface area contributed by atoms with Crippen molar-refractivity contribution in [3.8, 4) is 5.75 Å². The second kappa shape index (κ2) is 6.88. The van der Waals surface area contributed by atoms with Crippen molar-refractivity contribution in [3.05, 3.63) is 53.5 Å². The molecule has 0 spiro atoms. The molecule has 0 saturated heterocycles. The van der Waals surface area contributed by atoms with Crippen LogP contribution in [0.15, 0.2) is 36.4 Å². The summed E-state index contributed by atoms with van der Waals surface area (Å²) >= 11 is 5.64. The molecule has 0 radical (unpaired) electrons.